The van der Waals surface area contributed by atoms with Crippen LogP contribution in [0.4, 0.5) is 0 Å². The maximum atomic E-state index is 5.65. The van der Waals surface area contributed by atoms with Crippen LogP contribution >= 0.6 is 15.9 Å². The predicted molar refractivity (Wildman–Crippen MR) is 61.4 cm³/mol. The van der Waals surface area contributed by atoms with Gasteiger partial charge in [0.05, 0.1) is 13.2 Å². The molecule has 0 aromatic heterocycles. The molecule has 0 heterocycles. The average molecular weight is 259 g/mol. The van der Waals surface area contributed by atoms with Crippen molar-refractivity contribution in [1.82, 2.24) is 0 Å². The smallest absolute Gasteiger partial charge is 0.123 e. The second-order valence-electron chi connectivity index (χ2n) is 3.27. The van der Waals surface area contributed by atoms with Crippen molar-refractivity contribution < 1.29 is 9.47 Å². The van der Waals surface area contributed by atoms with Gasteiger partial charge in [-0.15, -0.1) is 0 Å². The molecule has 0 aliphatic heterocycles. The van der Waals surface area contributed by atoms with Gasteiger partial charge in [-0.05, 0) is 32.0 Å². The Morgan fingerprint density at radius 1 is 1.36 bits per heavy atom. The summed E-state index contributed by atoms with van der Waals surface area (Å²) in [6.45, 7) is 4.03. The fourth-order valence-electron chi connectivity index (χ4n) is 1.16. The van der Waals surface area contributed by atoms with E-state index < -0.39 is 0 Å². The number of ether oxygens (including phenoxy) is 2. The van der Waals surface area contributed by atoms with Crippen molar-refractivity contribution in [2.75, 3.05) is 7.11 Å². The van der Waals surface area contributed by atoms with Gasteiger partial charge in [-0.25, -0.2) is 0 Å². The van der Waals surface area contributed by atoms with E-state index in [1.165, 1.54) is 0 Å². The molecule has 78 valence electrons. The Kier molecular flexibility index (Phi) is 4.26. The summed E-state index contributed by atoms with van der Waals surface area (Å²) in [5, 5.41) is 0.770. The Bertz CT molecular complexity index is 297. The lowest BCUT2D eigenvalue weighted by Crippen LogP contribution is -2.07. The minimum atomic E-state index is 0.196. The highest BCUT2D eigenvalue weighted by Crippen LogP contribution is 2.26. The summed E-state index contributed by atoms with van der Waals surface area (Å²) in [6.07, 6.45) is 0.196. The molecule has 0 spiro atoms. The monoisotopic (exact) mass is 258 g/mol. The summed E-state index contributed by atoms with van der Waals surface area (Å²) in [6, 6.07) is 5.83. The van der Waals surface area contributed by atoms with Crippen LogP contribution in [-0.2, 0) is 5.33 Å². The van der Waals surface area contributed by atoms with Crippen molar-refractivity contribution in [3.05, 3.63) is 23.8 Å². The zero-order valence-corrected chi connectivity index (χ0v) is 10.3. The lowest BCUT2D eigenvalue weighted by Gasteiger charge is -2.13. The molecule has 14 heavy (non-hydrogen) atoms. The number of hydrogen-bond donors (Lipinski definition) is 0. The van der Waals surface area contributed by atoms with Gasteiger partial charge in [0, 0.05) is 10.9 Å². The van der Waals surface area contributed by atoms with Crippen LogP contribution in [0.1, 0.15) is 19.4 Å². The highest BCUT2D eigenvalue weighted by molar-refractivity contribution is 9.08. The molecule has 3 heteroatoms. The highest BCUT2D eigenvalue weighted by atomic mass is 79.9. The molecular weight excluding hydrogens is 244 g/mol. The van der Waals surface area contributed by atoms with Crippen LogP contribution in [0.15, 0.2) is 18.2 Å². The van der Waals surface area contributed by atoms with E-state index in [1.54, 1.807) is 7.11 Å². The lowest BCUT2D eigenvalue weighted by molar-refractivity contribution is 0.240. The SMILES string of the molecule is COc1ccc(OC(C)C)c(CBr)c1. The number of rotatable bonds is 4. The Morgan fingerprint density at radius 2 is 2.07 bits per heavy atom. The molecule has 0 N–H and O–H groups in total. The quantitative estimate of drug-likeness (QED) is 0.772. The van der Waals surface area contributed by atoms with E-state index in [2.05, 4.69) is 15.9 Å². The van der Waals surface area contributed by atoms with Crippen molar-refractivity contribution in [2.24, 2.45) is 0 Å². The second kappa shape index (κ2) is 5.25. The first-order valence-electron chi connectivity index (χ1n) is 4.57. The summed E-state index contributed by atoms with van der Waals surface area (Å²) >= 11 is 3.43. The largest absolute Gasteiger partial charge is 0.497 e. The lowest BCUT2D eigenvalue weighted by atomic mass is 10.2. The van der Waals surface area contributed by atoms with Gasteiger partial charge >= 0.3 is 0 Å². The summed E-state index contributed by atoms with van der Waals surface area (Å²) < 4.78 is 10.8. The molecule has 0 amide bonds. The molecule has 1 aromatic carbocycles. The van der Waals surface area contributed by atoms with Crippen LogP contribution in [0.5, 0.6) is 11.5 Å². The van der Waals surface area contributed by atoms with E-state index >= 15 is 0 Å². The second-order valence-corrected chi connectivity index (χ2v) is 3.83. The zero-order chi connectivity index (χ0) is 10.6. The van der Waals surface area contributed by atoms with Gasteiger partial charge in [0.2, 0.25) is 0 Å². The van der Waals surface area contributed by atoms with Crippen molar-refractivity contribution in [2.45, 2.75) is 25.3 Å². The Balaban J connectivity index is 2.93. The van der Waals surface area contributed by atoms with Crippen molar-refractivity contribution in [1.29, 1.82) is 0 Å². The van der Waals surface area contributed by atoms with Gasteiger partial charge in [0.25, 0.3) is 0 Å². The van der Waals surface area contributed by atoms with Crippen molar-refractivity contribution in [3.63, 3.8) is 0 Å². The maximum absolute atomic E-state index is 5.65. The number of methoxy groups -OCH3 is 1. The average Bonchev–Trinajstić information content (AvgIpc) is 2.17. The summed E-state index contributed by atoms with van der Waals surface area (Å²) in [5.74, 6) is 1.77. The number of alkyl halides is 1. The van der Waals surface area contributed by atoms with Gasteiger partial charge < -0.3 is 9.47 Å². The van der Waals surface area contributed by atoms with Crippen LogP contribution in [0.2, 0.25) is 0 Å². The minimum Gasteiger partial charge on any atom is -0.497 e. The van der Waals surface area contributed by atoms with Crippen LogP contribution in [0, 0.1) is 0 Å². The topological polar surface area (TPSA) is 18.5 Å². The standard InChI is InChI=1S/C11H15BrO2/c1-8(2)14-11-5-4-10(13-3)6-9(11)7-12/h4-6,8H,7H2,1-3H3. The number of benzene rings is 1. The maximum Gasteiger partial charge on any atom is 0.123 e. The van der Waals surface area contributed by atoms with E-state index in [1.807, 2.05) is 32.0 Å². The fraction of sp³-hybridized carbons (Fsp3) is 0.455. The van der Waals surface area contributed by atoms with Gasteiger partial charge in [-0.3, -0.25) is 0 Å². The molecule has 1 rings (SSSR count). The van der Waals surface area contributed by atoms with Crippen LogP contribution in [-0.4, -0.2) is 13.2 Å². The molecule has 0 saturated carbocycles. The molecule has 1 aromatic rings. The summed E-state index contributed by atoms with van der Waals surface area (Å²) in [7, 11) is 1.66. The first-order chi connectivity index (χ1) is 6.67. The molecule has 0 atom stereocenters. The van der Waals surface area contributed by atoms with Crippen LogP contribution < -0.4 is 9.47 Å². The Hall–Kier alpha value is -0.700. The third-order valence-corrected chi connectivity index (χ3v) is 2.38. The van der Waals surface area contributed by atoms with Crippen LogP contribution in [0.25, 0.3) is 0 Å². The minimum absolute atomic E-state index is 0.196. The molecule has 0 radical (unpaired) electrons. The normalized spacial score (nSPS) is 10.4. The third-order valence-electron chi connectivity index (χ3n) is 1.77. The molecule has 0 fully saturated rings. The van der Waals surface area contributed by atoms with Gasteiger partial charge in [0.1, 0.15) is 11.5 Å². The first kappa shape index (κ1) is 11.4. The van der Waals surface area contributed by atoms with E-state index in [9.17, 15) is 0 Å². The van der Waals surface area contributed by atoms with Crippen molar-refractivity contribution >= 4 is 15.9 Å². The molecule has 2 nitrogen and oxygen atoms in total. The molecule has 0 aliphatic rings. The number of halogens is 1. The molecule has 0 unspecified atom stereocenters. The van der Waals surface area contributed by atoms with E-state index in [0.29, 0.717) is 0 Å². The molecular formula is C11H15BrO2. The zero-order valence-electron chi connectivity index (χ0n) is 8.71. The van der Waals surface area contributed by atoms with Gasteiger partial charge in [0.15, 0.2) is 0 Å². The van der Waals surface area contributed by atoms with E-state index in [-0.39, 0.29) is 6.10 Å². The van der Waals surface area contributed by atoms with Crippen molar-refractivity contribution in [3.8, 4) is 11.5 Å². The van der Waals surface area contributed by atoms with Gasteiger partial charge in [-0.1, -0.05) is 15.9 Å². The Labute approximate surface area is 93.4 Å². The van der Waals surface area contributed by atoms with Gasteiger partial charge in [-0.2, -0.15) is 0 Å². The molecule has 0 saturated heterocycles. The van der Waals surface area contributed by atoms with E-state index in [0.717, 1.165) is 22.4 Å². The van der Waals surface area contributed by atoms with E-state index in [4.69, 9.17) is 9.47 Å². The molecule has 0 aliphatic carbocycles. The first-order valence-corrected chi connectivity index (χ1v) is 5.69. The fourth-order valence-corrected chi connectivity index (χ4v) is 1.59. The summed E-state index contributed by atoms with van der Waals surface area (Å²) in [5.41, 5.74) is 1.11. The van der Waals surface area contributed by atoms with Crippen LogP contribution in [0.3, 0.4) is 0 Å². The number of hydrogen-bond acceptors (Lipinski definition) is 2. The molecule has 0 bridgehead atoms. The Morgan fingerprint density at radius 3 is 2.57 bits per heavy atom. The third kappa shape index (κ3) is 2.91. The highest BCUT2D eigenvalue weighted by Gasteiger charge is 2.05. The predicted octanol–water partition coefficient (Wildman–Crippen LogP) is 3.38. The summed E-state index contributed by atoms with van der Waals surface area (Å²) in [4.78, 5) is 0.